The zero-order valence-electron chi connectivity index (χ0n) is 19.6. The second-order valence-electron chi connectivity index (χ2n) is 9.03. The summed E-state index contributed by atoms with van der Waals surface area (Å²) in [5, 5.41) is 9.61. The largest absolute Gasteiger partial charge is 0.486 e. The van der Waals surface area contributed by atoms with E-state index in [4.69, 9.17) is 14.2 Å². The van der Waals surface area contributed by atoms with Gasteiger partial charge in [0.05, 0.1) is 5.56 Å². The van der Waals surface area contributed by atoms with Crippen LogP contribution in [0, 0.1) is 34.3 Å². The maximum atomic E-state index is 14.3. The lowest BCUT2D eigenvalue weighted by Crippen LogP contribution is -2.16. The molecule has 37 heavy (non-hydrogen) atoms. The van der Waals surface area contributed by atoms with Gasteiger partial charge in [-0.25, -0.2) is 8.78 Å². The van der Waals surface area contributed by atoms with Crippen LogP contribution in [0.15, 0.2) is 66.7 Å². The second kappa shape index (κ2) is 9.73. The first-order valence-electron chi connectivity index (χ1n) is 11.1. The smallest absolute Gasteiger partial charge is 0.416 e. The van der Waals surface area contributed by atoms with Crippen LogP contribution in [0.5, 0.6) is 17.2 Å². The minimum atomic E-state index is -4.72. The first-order valence-corrected chi connectivity index (χ1v) is 11.1. The molecule has 1 fully saturated rings. The fraction of sp³-hybridized carbons (Fsp3) is 0.259. The maximum Gasteiger partial charge on any atom is 0.416 e. The first kappa shape index (κ1) is 25.9. The molecule has 3 atom stereocenters. The van der Waals surface area contributed by atoms with Crippen LogP contribution >= 0.6 is 0 Å². The standard InChI is InChI=1S/C27H20F5NO4/c1-26(2)23(24(26)36-20-11-9-16(13-19(20)29)27(30,31)32)25(34)37-22(14-33)15-8-10-18(28)21(12-15)35-17-6-4-3-5-7-17/h3-13,22-24H,1-2H3. The number of hydrogen-bond acceptors (Lipinski definition) is 5. The predicted octanol–water partition coefficient (Wildman–Crippen LogP) is 6.99. The average molecular weight is 517 g/mol. The summed E-state index contributed by atoms with van der Waals surface area (Å²) in [6, 6.07) is 15.6. The number of hydrogen-bond donors (Lipinski definition) is 0. The molecule has 1 aliphatic rings. The van der Waals surface area contributed by atoms with Gasteiger partial charge < -0.3 is 14.2 Å². The summed E-state index contributed by atoms with van der Waals surface area (Å²) in [5.74, 6) is -3.93. The van der Waals surface area contributed by atoms with Crippen LogP contribution in [-0.4, -0.2) is 12.1 Å². The molecule has 1 aliphatic carbocycles. The van der Waals surface area contributed by atoms with Gasteiger partial charge in [0.25, 0.3) is 0 Å². The molecule has 192 valence electrons. The fourth-order valence-electron chi connectivity index (χ4n) is 3.88. The predicted molar refractivity (Wildman–Crippen MR) is 120 cm³/mol. The monoisotopic (exact) mass is 517 g/mol. The van der Waals surface area contributed by atoms with Gasteiger partial charge in [0.15, 0.2) is 23.1 Å². The zero-order valence-corrected chi connectivity index (χ0v) is 19.6. The average Bonchev–Trinajstić information content (AvgIpc) is 3.39. The van der Waals surface area contributed by atoms with Crippen LogP contribution in [-0.2, 0) is 15.7 Å². The number of rotatable bonds is 7. The summed E-state index contributed by atoms with van der Waals surface area (Å²) in [5.41, 5.74) is -1.86. The molecule has 0 aliphatic heterocycles. The molecule has 0 bridgehead atoms. The number of ether oxygens (including phenoxy) is 3. The van der Waals surface area contributed by atoms with E-state index < -0.39 is 58.6 Å². The molecule has 3 aromatic carbocycles. The SMILES string of the molecule is CC1(C)C(Oc2ccc(C(F)(F)F)cc2F)C1C(=O)OC(C#N)c1ccc(F)c(Oc2ccccc2)c1. The molecule has 0 heterocycles. The number of esters is 1. The van der Waals surface area contributed by atoms with Crippen LogP contribution in [0.4, 0.5) is 22.0 Å². The van der Waals surface area contributed by atoms with Crippen molar-refractivity contribution < 1.29 is 41.0 Å². The van der Waals surface area contributed by atoms with Gasteiger partial charge in [0.2, 0.25) is 6.10 Å². The molecule has 5 nitrogen and oxygen atoms in total. The van der Waals surface area contributed by atoms with E-state index in [0.717, 1.165) is 12.1 Å². The van der Waals surface area contributed by atoms with Crippen LogP contribution in [0.3, 0.4) is 0 Å². The highest BCUT2D eigenvalue weighted by molar-refractivity contribution is 5.79. The number of carbonyl (C=O) groups is 1. The highest BCUT2D eigenvalue weighted by Gasteiger charge is 2.66. The van der Waals surface area contributed by atoms with Gasteiger partial charge >= 0.3 is 12.1 Å². The van der Waals surface area contributed by atoms with Gasteiger partial charge in [-0.1, -0.05) is 38.1 Å². The molecule has 10 heteroatoms. The number of alkyl halides is 3. The third kappa shape index (κ3) is 5.50. The normalized spacial score (nSPS) is 18.9. The molecule has 3 unspecified atom stereocenters. The lowest BCUT2D eigenvalue weighted by molar-refractivity contribution is -0.149. The van der Waals surface area contributed by atoms with Gasteiger partial charge in [0.1, 0.15) is 23.8 Å². The minimum absolute atomic E-state index is 0.160. The van der Waals surface area contributed by atoms with Crippen molar-refractivity contribution in [2.75, 3.05) is 0 Å². The third-order valence-corrected chi connectivity index (χ3v) is 6.08. The van der Waals surface area contributed by atoms with Crippen LogP contribution in [0.2, 0.25) is 0 Å². The fourth-order valence-corrected chi connectivity index (χ4v) is 3.88. The highest BCUT2D eigenvalue weighted by atomic mass is 19.4. The van der Waals surface area contributed by atoms with Crippen molar-refractivity contribution in [2.45, 2.75) is 32.2 Å². The Bertz CT molecular complexity index is 1350. The molecule has 0 aromatic heterocycles. The molecule has 4 rings (SSSR count). The molecule has 3 aromatic rings. The number of para-hydroxylation sites is 1. The van der Waals surface area contributed by atoms with E-state index in [9.17, 15) is 32.0 Å². The summed E-state index contributed by atoms with van der Waals surface area (Å²) < 4.78 is 83.3. The lowest BCUT2D eigenvalue weighted by Gasteiger charge is -2.14. The molecule has 0 saturated heterocycles. The van der Waals surface area contributed by atoms with E-state index in [1.54, 1.807) is 44.2 Å². The lowest BCUT2D eigenvalue weighted by atomic mass is 10.1. The van der Waals surface area contributed by atoms with E-state index >= 15 is 0 Å². The molecular formula is C27H20F5NO4. The van der Waals surface area contributed by atoms with Crippen molar-refractivity contribution in [1.82, 2.24) is 0 Å². The van der Waals surface area contributed by atoms with Crippen molar-refractivity contribution in [1.29, 1.82) is 5.26 Å². The second-order valence-corrected chi connectivity index (χ2v) is 9.03. The molecule has 0 spiro atoms. The van der Waals surface area contributed by atoms with Gasteiger partial charge in [-0.3, -0.25) is 4.79 Å². The Labute approximate surface area is 209 Å². The number of nitrogens with zero attached hydrogens (tertiary/aromatic N) is 1. The van der Waals surface area contributed by atoms with Gasteiger partial charge in [-0.05, 0) is 42.5 Å². The van der Waals surface area contributed by atoms with Crippen molar-refractivity contribution in [3.05, 3.63) is 89.5 Å². The van der Waals surface area contributed by atoms with E-state index in [2.05, 4.69) is 0 Å². The van der Waals surface area contributed by atoms with Gasteiger partial charge in [0, 0.05) is 11.0 Å². The number of carbonyl (C=O) groups excluding carboxylic acids is 1. The van der Waals surface area contributed by atoms with E-state index in [-0.39, 0.29) is 11.3 Å². The van der Waals surface area contributed by atoms with Crippen molar-refractivity contribution in [3.8, 4) is 23.3 Å². The van der Waals surface area contributed by atoms with E-state index in [1.165, 1.54) is 12.1 Å². The highest BCUT2D eigenvalue weighted by Crippen LogP contribution is 2.55. The minimum Gasteiger partial charge on any atom is -0.486 e. The first-order chi connectivity index (χ1) is 17.4. The summed E-state index contributed by atoms with van der Waals surface area (Å²) in [7, 11) is 0. The Kier molecular flexibility index (Phi) is 6.82. The summed E-state index contributed by atoms with van der Waals surface area (Å²) in [6.07, 6.45) is -7.04. The van der Waals surface area contributed by atoms with Crippen LogP contribution < -0.4 is 9.47 Å². The summed E-state index contributed by atoms with van der Waals surface area (Å²) in [4.78, 5) is 12.9. The van der Waals surface area contributed by atoms with Crippen LogP contribution in [0.25, 0.3) is 0 Å². The zero-order chi connectivity index (χ0) is 27.0. The Morgan fingerprint density at radius 1 is 0.973 bits per heavy atom. The number of benzene rings is 3. The quantitative estimate of drug-likeness (QED) is 0.250. The summed E-state index contributed by atoms with van der Waals surface area (Å²) >= 11 is 0. The van der Waals surface area contributed by atoms with Gasteiger partial charge in [-0.15, -0.1) is 0 Å². The number of halogens is 5. The molecule has 1 saturated carbocycles. The summed E-state index contributed by atoms with van der Waals surface area (Å²) in [6.45, 7) is 3.27. The van der Waals surface area contributed by atoms with Crippen molar-refractivity contribution in [2.24, 2.45) is 11.3 Å². The topological polar surface area (TPSA) is 68.5 Å². The number of nitriles is 1. The van der Waals surface area contributed by atoms with E-state index in [0.29, 0.717) is 17.9 Å². The molecule has 0 radical (unpaired) electrons. The van der Waals surface area contributed by atoms with Crippen LogP contribution in [0.1, 0.15) is 31.1 Å². The Balaban J connectivity index is 1.47. The van der Waals surface area contributed by atoms with E-state index in [1.807, 2.05) is 6.07 Å². The molecule has 0 N–H and O–H groups in total. The van der Waals surface area contributed by atoms with Crippen molar-refractivity contribution in [3.63, 3.8) is 0 Å². The van der Waals surface area contributed by atoms with Crippen molar-refractivity contribution >= 4 is 5.97 Å². The third-order valence-electron chi connectivity index (χ3n) is 6.08. The molecular weight excluding hydrogens is 497 g/mol. The molecule has 0 amide bonds. The Morgan fingerprint density at radius 2 is 1.68 bits per heavy atom. The maximum absolute atomic E-state index is 14.3. The van der Waals surface area contributed by atoms with Gasteiger partial charge in [-0.2, -0.15) is 18.4 Å². The Morgan fingerprint density at radius 3 is 2.30 bits per heavy atom. The Hall–Kier alpha value is -4.13.